The van der Waals surface area contributed by atoms with Crippen LogP contribution in [0.3, 0.4) is 0 Å². The number of ether oxygens (including phenoxy) is 1. The van der Waals surface area contributed by atoms with E-state index in [0.29, 0.717) is 17.8 Å². The van der Waals surface area contributed by atoms with E-state index in [1.165, 1.54) is 6.07 Å². The number of hydrogen-bond acceptors (Lipinski definition) is 3. The van der Waals surface area contributed by atoms with Gasteiger partial charge in [0.15, 0.2) is 5.82 Å². The van der Waals surface area contributed by atoms with Crippen LogP contribution in [0.5, 0.6) is 5.75 Å². The summed E-state index contributed by atoms with van der Waals surface area (Å²) in [5.74, 6) is 1.16. The molecule has 1 aromatic heterocycles. The van der Waals surface area contributed by atoms with E-state index in [1.807, 2.05) is 24.3 Å². The van der Waals surface area contributed by atoms with Gasteiger partial charge >= 0.3 is 0 Å². The number of aromatic nitrogens is 2. The van der Waals surface area contributed by atoms with E-state index in [2.05, 4.69) is 9.97 Å². The highest BCUT2D eigenvalue weighted by molar-refractivity contribution is 5.56. The van der Waals surface area contributed by atoms with Gasteiger partial charge in [0.2, 0.25) is 0 Å². The lowest BCUT2D eigenvalue weighted by atomic mass is 10.0. The van der Waals surface area contributed by atoms with Crippen molar-refractivity contribution in [2.45, 2.75) is 6.42 Å². The maximum atomic E-state index is 14.1. The Bertz CT molecular complexity index is 758. The Morgan fingerprint density at radius 1 is 1.00 bits per heavy atom. The van der Waals surface area contributed by atoms with Crippen LogP contribution in [0.1, 0.15) is 11.1 Å². The molecular weight excluding hydrogens is 279 g/mol. The van der Waals surface area contributed by atoms with E-state index in [0.717, 1.165) is 16.9 Å². The number of hydrogen-bond donors (Lipinski definition) is 0. The highest BCUT2D eigenvalue weighted by atomic mass is 19.1. The zero-order valence-corrected chi connectivity index (χ0v) is 12.2. The molecule has 22 heavy (non-hydrogen) atoms. The van der Waals surface area contributed by atoms with Crippen molar-refractivity contribution in [3.05, 3.63) is 77.9 Å². The molecule has 0 aliphatic heterocycles. The quantitative estimate of drug-likeness (QED) is 0.732. The van der Waals surface area contributed by atoms with Crippen molar-refractivity contribution >= 4 is 0 Å². The molecule has 3 aromatic rings. The molecule has 0 spiro atoms. The predicted molar refractivity (Wildman–Crippen MR) is 83.2 cm³/mol. The van der Waals surface area contributed by atoms with Crippen LogP contribution in [0, 0.1) is 5.82 Å². The number of rotatable bonds is 4. The molecule has 0 radical (unpaired) electrons. The highest BCUT2D eigenvalue weighted by Gasteiger charge is 2.08. The summed E-state index contributed by atoms with van der Waals surface area (Å²) >= 11 is 0. The van der Waals surface area contributed by atoms with E-state index in [4.69, 9.17) is 4.74 Å². The molecule has 0 atom stereocenters. The molecule has 0 saturated heterocycles. The Morgan fingerprint density at radius 3 is 2.41 bits per heavy atom. The fourth-order valence-electron chi connectivity index (χ4n) is 2.26. The summed E-state index contributed by atoms with van der Waals surface area (Å²) in [5.41, 5.74) is 2.45. The molecule has 0 bridgehead atoms. The lowest BCUT2D eigenvalue weighted by molar-refractivity contribution is 0.414. The maximum absolute atomic E-state index is 14.1. The van der Waals surface area contributed by atoms with Gasteiger partial charge in [-0.15, -0.1) is 0 Å². The minimum atomic E-state index is -0.226. The number of nitrogens with zero attached hydrogens (tertiary/aromatic N) is 2. The molecular formula is C18H15FN2O. The first-order chi connectivity index (χ1) is 10.8. The van der Waals surface area contributed by atoms with Crippen molar-refractivity contribution in [2.24, 2.45) is 0 Å². The minimum Gasteiger partial charge on any atom is -0.497 e. The second-order valence-electron chi connectivity index (χ2n) is 4.90. The first-order valence-corrected chi connectivity index (χ1v) is 6.95. The van der Waals surface area contributed by atoms with Crippen LogP contribution in [-0.2, 0) is 6.42 Å². The number of methoxy groups -OCH3 is 1. The highest BCUT2D eigenvalue weighted by Crippen LogP contribution is 2.21. The molecule has 0 saturated carbocycles. The lowest BCUT2D eigenvalue weighted by Gasteiger charge is -2.07. The van der Waals surface area contributed by atoms with E-state index in [1.54, 1.807) is 37.7 Å². The molecule has 0 N–H and O–H groups in total. The van der Waals surface area contributed by atoms with Gasteiger partial charge in [-0.2, -0.15) is 0 Å². The van der Waals surface area contributed by atoms with Crippen molar-refractivity contribution in [2.75, 3.05) is 7.11 Å². The van der Waals surface area contributed by atoms with E-state index in [9.17, 15) is 4.39 Å². The maximum Gasteiger partial charge on any atom is 0.159 e. The average Bonchev–Trinajstić information content (AvgIpc) is 2.58. The van der Waals surface area contributed by atoms with Crippen LogP contribution >= 0.6 is 0 Å². The summed E-state index contributed by atoms with van der Waals surface area (Å²) in [6.07, 6.45) is 3.86. The summed E-state index contributed by atoms with van der Waals surface area (Å²) in [4.78, 5) is 8.40. The predicted octanol–water partition coefficient (Wildman–Crippen LogP) is 3.88. The van der Waals surface area contributed by atoms with E-state index >= 15 is 0 Å². The Kier molecular flexibility index (Phi) is 4.10. The minimum absolute atomic E-state index is 0.226. The molecule has 0 aliphatic carbocycles. The summed E-state index contributed by atoms with van der Waals surface area (Å²) in [6, 6.07) is 14.3. The molecule has 110 valence electrons. The fourth-order valence-corrected chi connectivity index (χ4v) is 2.26. The fraction of sp³-hybridized carbons (Fsp3) is 0.111. The van der Waals surface area contributed by atoms with Crippen LogP contribution in [0.15, 0.2) is 60.9 Å². The topological polar surface area (TPSA) is 35.0 Å². The Balaban J connectivity index is 1.89. The van der Waals surface area contributed by atoms with Gasteiger partial charge in [-0.25, -0.2) is 14.4 Å². The van der Waals surface area contributed by atoms with Crippen molar-refractivity contribution in [1.82, 2.24) is 9.97 Å². The van der Waals surface area contributed by atoms with Gasteiger partial charge in [-0.05, 0) is 47.5 Å². The summed E-state index contributed by atoms with van der Waals surface area (Å²) < 4.78 is 19.2. The third-order valence-corrected chi connectivity index (χ3v) is 3.42. The van der Waals surface area contributed by atoms with Crippen molar-refractivity contribution in [1.29, 1.82) is 0 Å². The van der Waals surface area contributed by atoms with Crippen molar-refractivity contribution < 1.29 is 9.13 Å². The SMILES string of the molecule is COc1ccc(Cc2cc(-c3ncccn3)ccc2F)cc1. The molecule has 4 heteroatoms. The van der Waals surface area contributed by atoms with Gasteiger partial charge in [-0.1, -0.05) is 12.1 Å². The van der Waals surface area contributed by atoms with Gasteiger partial charge in [0.05, 0.1) is 7.11 Å². The zero-order chi connectivity index (χ0) is 15.4. The largest absolute Gasteiger partial charge is 0.497 e. The second kappa shape index (κ2) is 6.35. The standard InChI is InChI=1S/C18H15FN2O/c1-22-16-6-3-13(4-7-16)11-15-12-14(5-8-17(15)19)18-20-9-2-10-21-18/h2-10,12H,11H2,1H3. The van der Waals surface area contributed by atoms with Crippen LogP contribution in [0.2, 0.25) is 0 Å². The van der Waals surface area contributed by atoms with Crippen molar-refractivity contribution in [3.8, 4) is 17.1 Å². The lowest BCUT2D eigenvalue weighted by Crippen LogP contribution is -1.95. The van der Waals surface area contributed by atoms with Crippen molar-refractivity contribution in [3.63, 3.8) is 0 Å². The third kappa shape index (κ3) is 3.11. The monoisotopic (exact) mass is 294 g/mol. The number of benzene rings is 2. The normalized spacial score (nSPS) is 10.5. The van der Waals surface area contributed by atoms with Gasteiger partial charge in [-0.3, -0.25) is 0 Å². The first kappa shape index (κ1) is 14.2. The zero-order valence-electron chi connectivity index (χ0n) is 12.2. The van der Waals surface area contributed by atoms with Crippen LogP contribution in [0.25, 0.3) is 11.4 Å². The molecule has 3 rings (SSSR count). The molecule has 0 fully saturated rings. The molecule has 0 unspecified atom stereocenters. The molecule has 0 aliphatic rings. The summed E-state index contributed by atoms with van der Waals surface area (Å²) in [7, 11) is 1.62. The van der Waals surface area contributed by atoms with Gasteiger partial charge in [0, 0.05) is 24.4 Å². The van der Waals surface area contributed by atoms with E-state index < -0.39 is 0 Å². The van der Waals surface area contributed by atoms with Gasteiger partial charge in [0.1, 0.15) is 11.6 Å². The summed E-state index contributed by atoms with van der Waals surface area (Å²) in [5, 5.41) is 0. The van der Waals surface area contributed by atoms with Crippen LogP contribution < -0.4 is 4.74 Å². The Labute approximate surface area is 128 Å². The van der Waals surface area contributed by atoms with Crippen LogP contribution in [0.4, 0.5) is 4.39 Å². The molecule has 2 aromatic carbocycles. The molecule has 0 amide bonds. The number of halogens is 1. The van der Waals surface area contributed by atoms with Gasteiger partial charge in [0.25, 0.3) is 0 Å². The van der Waals surface area contributed by atoms with Gasteiger partial charge < -0.3 is 4.74 Å². The first-order valence-electron chi connectivity index (χ1n) is 6.95. The average molecular weight is 294 g/mol. The smallest absolute Gasteiger partial charge is 0.159 e. The Morgan fingerprint density at radius 2 is 1.73 bits per heavy atom. The summed E-state index contributed by atoms with van der Waals surface area (Å²) in [6.45, 7) is 0. The van der Waals surface area contributed by atoms with Crippen LogP contribution in [-0.4, -0.2) is 17.1 Å². The van der Waals surface area contributed by atoms with E-state index in [-0.39, 0.29) is 5.82 Å². The third-order valence-electron chi connectivity index (χ3n) is 3.42. The molecule has 3 nitrogen and oxygen atoms in total. The second-order valence-corrected chi connectivity index (χ2v) is 4.90. The Hall–Kier alpha value is -2.75. The molecule has 1 heterocycles.